The molecule has 0 aliphatic carbocycles. The Morgan fingerprint density at radius 3 is 2.68 bits per heavy atom. The fraction of sp³-hybridized carbons (Fsp3) is 0.643. The van der Waals surface area contributed by atoms with Crippen molar-refractivity contribution in [1.29, 1.82) is 0 Å². The molecule has 1 amide bonds. The Balaban J connectivity index is 2.19. The van der Waals surface area contributed by atoms with Crippen LogP contribution in [0.4, 0.5) is 0 Å². The van der Waals surface area contributed by atoms with Crippen molar-refractivity contribution >= 4 is 5.91 Å². The van der Waals surface area contributed by atoms with E-state index in [4.69, 9.17) is 15.6 Å². The summed E-state index contributed by atoms with van der Waals surface area (Å²) in [6, 6.07) is 0. The van der Waals surface area contributed by atoms with Crippen molar-refractivity contribution in [3.63, 3.8) is 0 Å². The molecule has 2 heterocycles. The number of carbonyl (C=O) groups is 1. The van der Waals surface area contributed by atoms with Crippen molar-refractivity contribution in [2.45, 2.75) is 37.4 Å². The number of aliphatic hydroxyl groups excluding tert-OH is 3. The third-order valence-electron chi connectivity index (χ3n) is 3.93. The van der Waals surface area contributed by atoms with E-state index in [-0.39, 0.29) is 24.4 Å². The van der Waals surface area contributed by atoms with Gasteiger partial charge < -0.3 is 31.1 Å². The molecule has 0 bridgehead atoms. The van der Waals surface area contributed by atoms with Crippen LogP contribution in [0.15, 0.2) is 15.8 Å². The summed E-state index contributed by atoms with van der Waals surface area (Å²) >= 11 is 0. The van der Waals surface area contributed by atoms with Crippen LogP contribution in [-0.2, 0) is 16.1 Å². The number of amides is 1. The van der Waals surface area contributed by atoms with Gasteiger partial charge in [-0.05, 0) is 0 Å². The van der Waals surface area contributed by atoms with Gasteiger partial charge in [-0.2, -0.15) is 0 Å². The quantitative estimate of drug-likeness (QED) is 0.286. The minimum absolute atomic E-state index is 0.00614. The first kappa shape index (κ1) is 19.3. The van der Waals surface area contributed by atoms with Crippen LogP contribution < -0.4 is 22.3 Å². The summed E-state index contributed by atoms with van der Waals surface area (Å²) in [5.74, 6) is -0.307. The van der Waals surface area contributed by atoms with Gasteiger partial charge in [0.2, 0.25) is 5.91 Å². The lowest BCUT2D eigenvalue weighted by molar-refractivity contribution is -0.121. The molecule has 1 aliphatic rings. The summed E-state index contributed by atoms with van der Waals surface area (Å²) in [7, 11) is 0. The molecule has 0 unspecified atom stereocenters. The summed E-state index contributed by atoms with van der Waals surface area (Å²) < 4.78 is 6.40. The number of nitrogens with one attached hydrogen (secondary N) is 2. The highest BCUT2D eigenvalue weighted by Gasteiger charge is 2.44. The number of ether oxygens (including phenoxy) is 1. The molecule has 2 rings (SSSR count). The molecule has 7 N–H and O–H groups in total. The fourth-order valence-corrected chi connectivity index (χ4v) is 2.57. The summed E-state index contributed by atoms with van der Waals surface area (Å²) in [4.78, 5) is 37.5. The van der Waals surface area contributed by atoms with Gasteiger partial charge in [-0.15, -0.1) is 0 Å². The Labute approximate surface area is 142 Å². The lowest BCUT2D eigenvalue weighted by Gasteiger charge is -2.15. The molecule has 11 heteroatoms. The Morgan fingerprint density at radius 1 is 1.36 bits per heavy atom. The number of aliphatic hydroxyl groups is 3. The Hall–Kier alpha value is -2.05. The van der Waals surface area contributed by atoms with Gasteiger partial charge in [0.25, 0.3) is 5.56 Å². The van der Waals surface area contributed by atoms with Gasteiger partial charge in [-0.3, -0.25) is 19.1 Å². The van der Waals surface area contributed by atoms with Crippen LogP contribution in [-0.4, -0.2) is 68.8 Å². The highest BCUT2D eigenvalue weighted by atomic mass is 16.6. The first-order chi connectivity index (χ1) is 11.9. The average Bonchev–Trinajstić information content (AvgIpc) is 2.87. The maximum atomic E-state index is 12.0. The minimum atomic E-state index is -1.43. The van der Waals surface area contributed by atoms with E-state index in [0.717, 1.165) is 4.57 Å². The number of H-pyrrole nitrogens is 1. The van der Waals surface area contributed by atoms with Crippen LogP contribution in [0.25, 0.3) is 0 Å². The van der Waals surface area contributed by atoms with Gasteiger partial charge in [0, 0.05) is 32.3 Å². The molecular formula is C14H22N4O7. The minimum Gasteiger partial charge on any atom is -0.394 e. The van der Waals surface area contributed by atoms with Crippen LogP contribution in [0.1, 0.15) is 18.1 Å². The second kappa shape index (κ2) is 8.36. The Kier molecular flexibility index (Phi) is 6.45. The molecule has 1 aromatic heterocycles. The van der Waals surface area contributed by atoms with E-state index in [1.165, 1.54) is 6.20 Å². The highest BCUT2D eigenvalue weighted by Crippen LogP contribution is 2.31. The number of nitrogens with two attached hydrogens (primary N) is 1. The molecule has 140 valence electrons. The number of carbonyl (C=O) groups excluding carboxylic acids is 1. The molecule has 4 atom stereocenters. The van der Waals surface area contributed by atoms with Crippen molar-refractivity contribution in [1.82, 2.24) is 14.9 Å². The zero-order valence-corrected chi connectivity index (χ0v) is 13.4. The van der Waals surface area contributed by atoms with Crippen molar-refractivity contribution in [2.24, 2.45) is 5.73 Å². The van der Waals surface area contributed by atoms with E-state index in [1.807, 2.05) is 0 Å². The third kappa shape index (κ3) is 4.32. The molecule has 0 saturated carbocycles. The van der Waals surface area contributed by atoms with Crippen molar-refractivity contribution in [2.75, 3.05) is 19.7 Å². The number of nitrogens with zero attached hydrogens (tertiary/aromatic N) is 1. The number of aromatic amines is 1. The second-order valence-electron chi connectivity index (χ2n) is 5.68. The molecule has 25 heavy (non-hydrogen) atoms. The van der Waals surface area contributed by atoms with Crippen LogP contribution in [0.3, 0.4) is 0 Å². The molecule has 0 radical (unpaired) electrons. The number of hydrogen-bond acceptors (Lipinski definition) is 8. The van der Waals surface area contributed by atoms with E-state index < -0.39 is 42.3 Å². The van der Waals surface area contributed by atoms with Gasteiger partial charge in [0.05, 0.1) is 12.2 Å². The molecule has 1 aliphatic heterocycles. The topological polar surface area (TPSA) is 180 Å². The van der Waals surface area contributed by atoms with Gasteiger partial charge in [-0.25, -0.2) is 4.79 Å². The van der Waals surface area contributed by atoms with Gasteiger partial charge in [0.1, 0.15) is 24.4 Å². The Bertz CT molecular complexity index is 716. The van der Waals surface area contributed by atoms with Crippen LogP contribution in [0, 0.1) is 0 Å². The lowest BCUT2D eigenvalue weighted by atomic mass is 10.0. The third-order valence-corrected chi connectivity index (χ3v) is 3.93. The van der Waals surface area contributed by atoms with E-state index in [1.54, 1.807) is 0 Å². The molecule has 0 spiro atoms. The number of aryl methyl sites for hydroxylation is 1. The molecule has 11 nitrogen and oxygen atoms in total. The zero-order chi connectivity index (χ0) is 18.6. The standard InChI is InChI=1S/C14H22N4O7/c15-2-3-16-9(20)1-4-18-5-7(13(23)17-14(18)24)12-11(22)10(21)8(6-19)25-12/h5,8,10-12,19,21-22H,1-4,6,15H2,(H,16,20)(H,17,23,24)/t8-,10-,11-,12+/m1/s1. The van der Waals surface area contributed by atoms with Crippen LogP contribution in [0.5, 0.6) is 0 Å². The zero-order valence-electron chi connectivity index (χ0n) is 13.4. The van der Waals surface area contributed by atoms with E-state index in [0.29, 0.717) is 13.1 Å². The van der Waals surface area contributed by atoms with Gasteiger partial charge in [-0.1, -0.05) is 0 Å². The predicted octanol–water partition coefficient (Wildman–Crippen LogP) is -3.84. The molecule has 1 aromatic rings. The smallest absolute Gasteiger partial charge is 0.328 e. The molecule has 1 saturated heterocycles. The Morgan fingerprint density at radius 2 is 2.08 bits per heavy atom. The van der Waals surface area contributed by atoms with Crippen molar-refractivity contribution in [3.05, 3.63) is 32.6 Å². The number of hydrogen-bond donors (Lipinski definition) is 6. The number of aromatic nitrogens is 2. The summed E-state index contributed by atoms with van der Waals surface area (Å²) in [6.07, 6.45) is -3.87. The summed E-state index contributed by atoms with van der Waals surface area (Å²) in [5, 5.41) is 31.5. The molecule has 1 fully saturated rings. The monoisotopic (exact) mass is 358 g/mol. The van der Waals surface area contributed by atoms with E-state index in [2.05, 4.69) is 10.3 Å². The highest BCUT2D eigenvalue weighted by molar-refractivity contribution is 5.75. The SMILES string of the molecule is NCCNC(=O)CCn1cc([C@@H]2O[C@H](CO)[C@@H](O)[C@H]2O)c(=O)[nH]c1=O. The lowest BCUT2D eigenvalue weighted by Crippen LogP contribution is -2.37. The maximum Gasteiger partial charge on any atom is 0.328 e. The maximum absolute atomic E-state index is 12.0. The van der Waals surface area contributed by atoms with E-state index >= 15 is 0 Å². The predicted molar refractivity (Wildman–Crippen MR) is 84.7 cm³/mol. The second-order valence-corrected chi connectivity index (χ2v) is 5.68. The van der Waals surface area contributed by atoms with Gasteiger partial charge >= 0.3 is 5.69 Å². The first-order valence-corrected chi connectivity index (χ1v) is 7.82. The van der Waals surface area contributed by atoms with E-state index in [9.17, 15) is 24.6 Å². The van der Waals surface area contributed by atoms with Crippen LogP contribution in [0.2, 0.25) is 0 Å². The average molecular weight is 358 g/mol. The summed E-state index contributed by atoms with van der Waals surface area (Å²) in [6.45, 7) is 0.0638. The summed E-state index contributed by atoms with van der Waals surface area (Å²) in [5.41, 5.74) is 3.71. The first-order valence-electron chi connectivity index (χ1n) is 7.82. The van der Waals surface area contributed by atoms with Gasteiger partial charge in [0.15, 0.2) is 0 Å². The van der Waals surface area contributed by atoms with Crippen LogP contribution >= 0.6 is 0 Å². The molecule has 0 aromatic carbocycles. The largest absolute Gasteiger partial charge is 0.394 e. The molecular weight excluding hydrogens is 336 g/mol. The van der Waals surface area contributed by atoms with Crippen molar-refractivity contribution < 1.29 is 24.9 Å². The van der Waals surface area contributed by atoms with Crippen molar-refractivity contribution in [3.8, 4) is 0 Å². The normalized spacial score (nSPS) is 25.9. The fourth-order valence-electron chi connectivity index (χ4n) is 2.57. The number of rotatable bonds is 7.